The van der Waals surface area contributed by atoms with Crippen molar-refractivity contribution in [3.8, 4) is 0 Å². The van der Waals surface area contributed by atoms with Gasteiger partial charge in [-0.15, -0.1) is 0 Å². The zero-order valence-corrected chi connectivity index (χ0v) is 11.2. The van der Waals surface area contributed by atoms with Crippen LogP contribution in [0.25, 0.3) is 0 Å². The van der Waals surface area contributed by atoms with Crippen LogP contribution in [-0.2, 0) is 11.3 Å². The van der Waals surface area contributed by atoms with Gasteiger partial charge in [0.25, 0.3) is 0 Å². The number of hydrogen-bond acceptors (Lipinski definition) is 3. The quantitative estimate of drug-likeness (QED) is 0.800. The van der Waals surface area contributed by atoms with E-state index in [-0.39, 0.29) is 6.61 Å². The molecule has 0 aliphatic carbocycles. The lowest BCUT2D eigenvalue weighted by Crippen LogP contribution is -2.26. The number of carbonyl (C=O) groups is 2. The first-order valence-corrected chi connectivity index (χ1v) is 6.20. The lowest BCUT2D eigenvalue weighted by Gasteiger charge is -2.17. The fourth-order valence-electron chi connectivity index (χ4n) is 1.73. The molecule has 102 valence electrons. The van der Waals surface area contributed by atoms with E-state index in [1.165, 1.54) is 4.90 Å². The van der Waals surface area contributed by atoms with Gasteiger partial charge in [0.1, 0.15) is 12.9 Å². The van der Waals surface area contributed by atoms with Gasteiger partial charge in [-0.2, -0.15) is 0 Å². The van der Waals surface area contributed by atoms with Crippen molar-refractivity contribution in [1.29, 1.82) is 0 Å². The molecule has 0 saturated heterocycles. The van der Waals surface area contributed by atoms with Crippen molar-refractivity contribution >= 4 is 18.1 Å². The first-order valence-electron chi connectivity index (χ1n) is 6.20. The van der Waals surface area contributed by atoms with Crippen LogP contribution in [0.2, 0.25) is 0 Å². The lowest BCUT2D eigenvalue weighted by atomic mass is 10.2. The first-order chi connectivity index (χ1) is 9.70. The van der Waals surface area contributed by atoms with E-state index < -0.39 is 6.09 Å². The van der Waals surface area contributed by atoms with Gasteiger partial charge in [0, 0.05) is 18.3 Å². The SMILES string of the molecule is CN(C(=O)OCc1ccccc1)c1cccc(C=O)c1. The van der Waals surface area contributed by atoms with E-state index >= 15 is 0 Å². The van der Waals surface area contributed by atoms with Crippen LogP contribution < -0.4 is 4.90 Å². The molecule has 0 unspecified atom stereocenters. The van der Waals surface area contributed by atoms with Crippen molar-refractivity contribution in [3.63, 3.8) is 0 Å². The third-order valence-electron chi connectivity index (χ3n) is 2.87. The number of anilines is 1. The molecule has 0 saturated carbocycles. The second-order valence-corrected chi connectivity index (χ2v) is 4.31. The Hall–Kier alpha value is -2.62. The van der Waals surface area contributed by atoms with Crippen LogP contribution >= 0.6 is 0 Å². The summed E-state index contributed by atoms with van der Waals surface area (Å²) in [5.74, 6) is 0. The van der Waals surface area contributed by atoms with Crippen LogP contribution in [0.5, 0.6) is 0 Å². The smallest absolute Gasteiger partial charge is 0.414 e. The monoisotopic (exact) mass is 269 g/mol. The maximum Gasteiger partial charge on any atom is 0.414 e. The van der Waals surface area contributed by atoms with Crippen molar-refractivity contribution < 1.29 is 14.3 Å². The Morgan fingerprint density at radius 3 is 2.60 bits per heavy atom. The van der Waals surface area contributed by atoms with E-state index in [0.29, 0.717) is 11.3 Å². The van der Waals surface area contributed by atoms with E-state index in [2.05, 4.69) is 0 Å². The molecule has 0 fully saturated rings. The van der Waals surface area contributed by atoms with Gasteiger partial charge in [-0.3, -0.25) is 9.69 Å². The van der Waals surface area contributed by atoms with Gasteiger partial charge in [0.2, 0.25) is 0 Å². The summed E-state index contributed by atoms with van der Waals surface area (Å²) in [6.07, 6.45) is 0.281. The number of aldehydes is 1. The molecular formula is C16H15NO3. The maximum atomic E-state index is 11.9. The van der Waals surface area contributed by atoms with Crippen molar-refractivity contribution in [2.24, 2.45) is 0 Å². The van der Waals surface area contributed by atoms with Gasteiger partial charge in [0.05, 0.1) is 0 Å². The highest BCUT2D eigenvalue weighted by Crippen LogP contribution is 2.15. The summed E-state index contributed by atoms with van der Waals surface area (Å²) in [6, 6.07) is 16.2. The van der Waals surface area contributed by atoms with Crippen molar-refractivity contribution in [2.75, 3.05) is 11.9 Å². The molecule has 2 aromatic rings. The highest BCUT2D eigenvalue weighted by Gasteiger charge is 2.12. The Bertz CT molecular complexity index is 596. The van der Waals surface area contributed by atoms with Gasteiger partial charge < -0.3 is 4.74 Å². The van der Waals surface area contributed by atoms with E-state index in [1.807, 2.05) is 30.3 Å². The van der Waals surface area contributed by atoms with E-state index in [9.17, 15) is 9.59 Å². The first kappa shape index (κ1) is 13.8. The molecule has 0 atom stereocenters. The summed E-state index contributed by atoms with van der Waals surface area (Å²) in [5, 5.41) is 0. The normalized spacial score (nSPS) is 9.85. The fraction of sp³-hybridized carbons (Fsp3) is 0.125. The zero-order valence-electron chi connectivity index (χ0n) is 11.2. The summed E-state index contributed by atoms with van der Waals surface area (Å²) >= 11 is 0. The molecule has 0 heterocycles. The molecule has 1 amide bonds. The van der Waals surface area contributed by atoms with E-state index in [4.69, 9.17) is 4.74 Å². The summed E-state index contributed by atoms with van der Waals surface area (Å²) in [7, 11) is 1.61. The number of hydrogen-bond donors (Lipinski definition) is 0. The van der Waals surface area contributed by atoms with Gasteiger partial charge in [-0.25, -0.2) is 4.79 Å². The van der Waals surface area contributed by atoms with Crippen LogP contribution in [0, 0.1) is 0 Å². The molecule has 0 N–H and O–H groups in total. The van der Waals surface area contributed by atoms with Gasteiger partial charge in [-0.05, 0) is 17.7 Å². The Kier molecular flexibility index (Phi) is 4.50. The van der Waals surface area contributed by atoms with Gasteiger partial charge in [0.15, 0.2) is 0 Å². The molecule has 0 radical (unpaired) electrons. The van der Waals surface area contributed by atoms with Gasteiger partial charge >= 0.3 is 6.09 Å². The van der Waals surface area contributed by atoms with Gasteiger partial charge in [-0.1, -0.05) is 42.5 Å². The number of amides is 1. The minimum Gasteiger partial charge on any atom is -0.444 e. The Morgan fingerprint density at radius 1 is 1.15 bits per heavy atom. The van der Waals surface area contributed by atoms with Crippen LogP contribution in [-0.4, -0.2) is 19.4 Å². The van der Waals surface area contributed by atoms with Crippen LogP contribution in [0.15, 0.2) is 54.6 Å². The van der Waals surface area contributed by atoms with Crippen molar-refractivity contribution in [2.45, 2.75) is 6.61 Å². The average Bonchev–Trinajstić information content (AvgIpc) is 2.53. The van der Waals surface area contributed by atoms with Crippen LogP contribution in [0.1, 0.15) is 15.9 Å². The third-order valence-corrected chi connectivity index (χ3v) is 2.87. The summed E-state index contributed by atoms with van der Waals surface area (Å²) in [4.78, 5) is 24.0. The summed E-state index contributed by atoms with van der Waals surface area (Å²) in [6.45, 7) is 0.220. The average molecular weight is 269 g/mol. The standard InChI is InChI=1S/C16H15NO3/c1-17(15-9-5-8-14(10-15)11-18)16(19)20-12-13-6-3-2-4-7-13/h2-11H,12H2,1H3. The lowest BCUT2D eigenvalue weighted by molar-refractivity contribution is 0.112. The minimum atomic E-state index is -0.461. The van der Waals surface area contributed by atoms with Crippen LogP contribution in [0.4, 0.5) is 10.5 Å². The molecule has 4 heteroatoms. The molecule has 0 bridgehead atoms. The predicted molar refractivity (Wildman–Crippen MR) is 76.9 cm³/mol. The molecule has 4 nitrogen and oxygen atoms in total. The third kappa shape index (κ3) is 3.45. The second kappa shape index (κ2) is 6.52. The highest BCUT2D eigenvalue weighted by atomic mass is 16.6. The molecule has 0 spiro atoms. The molecule has 2 aromatic carbocycles. The Morgan fingerprint density at radius 2 is 1.90 bits per heavy atom. The van der Waals surface area contributed by atoms with Crippen molar-refractivity contribution in [3.05, 3.63) is 65.7 Å². The number of ether oxygens (including phenoxy) is 1. The Labute approximate surface area is 117 Å². The molecule has 0 aliphatic rings. The number of benzene rings is 2. The zero-order chi connectivity index (χ0) is 14.4. The van der Waals surface area contributed by atoms with E-state index in [1.54, 1.807) is 31.3 Å². The summed E-state index contributed by atoms with van der Waals surface area (Å²) in [5.41, 5.74) is 2.06. The molecular weight excluding hydrogens is 254 g/mol. The summed E-state index contributed by atoms with van der Waals surface area (Å²) < 4.78 is 5.22. The Balaban J connectivity index is 1.99. The largest absolute Gasteiger partial charge is 0.444 e. The molecule has 2 rings (SSSR count). The number of nitrogens with zero attached hydrogens (tertiary/aromatic N) is 1. The molecule has 0 aromatic heterocycles. The minimum absolute atomic E-state index is 0.220. The topological polar surface area (TPSA) is 46.6 Å². The molecule has 20 heavy (non-hydrogen) atoms. The second-order valence-electron chi connectivity index (χ2n) is 4.31. The number of rotatable bonds is 4. The van der Waals surface area contributed by atoms with E-state index in [0.717, 1.165) is 11.8 Å². The van der Waals surface area contributed by atoms with Crippen molar-refractivity contribution in [1.82, 2.24) is 0 Å². The molecule has 0 aliphatic heterocycles. The number of carbonyl (C=O) groups excluding carboxylic acids is 2. The van der Waals surface area contributed by atoms with Crippen LogP contribution in [0.3, 0.4) is 0 Å². The predicted octanol–water partition coefficient (Wildman–Crippen LogP) is 3.27. The fourth-order valence-corrected chi connectivity index (χ4v) is 1.73. The maximum absolute atomic E-state index is 11.9. The highest BCUT2D eigenvalue weighted by molar-refractivity contribution is 5.88.